The Kier molecular flexibility index (Phi) is 5.58. The second kappa shape index (κ2) is 6.46. The number of hydrogen-bond donors (Lipinski definition) is 1. The fourth-order valence-corrected chi connectivity index (χ4v) is 2.34. The molecule has 0 aliphatic carbocycles. The lowest BCUT2D eigenvalue weighted by molar-refractivity contribution is 0.130. The van der Waals surface area contributed by atoms with Gasteiger partial charge in [0.15, 0.2) is 0 Å². The van der Waals surface area contributed by atoms with Crippen LogP contribution in [0.4, 0.5) is 0 Å². The van der Waals surface area contributed by atoms with Crippen LogP contribution in [0.2, 0.25) is 0 Å². The molecule has 1 rings (SSSR count). The summed E-state index contributed by atoms with van der Waals surface area (Å²) in [4.78, 5) is 2.42. The van der Waals surface area contributed by atoms with Crippen molar-refractivity contribution in [3.05, 3.63) is 0 Å². The van der Waals surface area contributed by atoms with Crippen molar-refractivity contribution >= 4 is 0 Å². The summed E-state index contributed by atoms with van der Waals surface area (Å²) in [6.07, 6.45) is 2.41. The Morgan fingerprint density at radius 2 is 2.27 bits per heavy atom. The maximum atomic E-state index is 5.87. The molecule has 1 fully saturated rings. The third-order valence-electron chi connectivity index (χ3n) is 3.61. The highest BCUT2D eigenvalue weighted by Gasteiger charge is 2.27. The van der Waals surface area contributed by atoms with Crippen LogP contribution in [-0.4, -0.2) is 44.3 Å². The molecular formula is C12H26N2O. The Morgan fingerprint density at radius 1 is 1.53 bits per heavy atom. The van der Waals surface area contributed by atoms with Gasteiger partial charge in [-0.1, -0.05) is 20.3 Å². The maximum absolute atomic E-state index is 5.87. The molecule has 2 N–H and O–H groups in total. The topological polar surface area (TPSA) is 38.5 Å². The van der Waals surface area contributed by atoms with Gasteiger partial charge in [-0.15, -0.1) is 0 Å². The molecule has 90 valence electrons. The first-order valence-electron chi connectivity index (χ1n) is 6.17. The highest BCUT2D eigenvalue weighted by molar-refractivity contribution is 4.81. The third kappa shape index (κ3) is 3.74. The molecule has 0 bridgehead atoms. The van der Waals surface area contributed by atoms with Crippen LogP contribution in [0.3, 0.4) is 0 Å². The Hall–Kier alpha value is -0.120. The van der Waals surface area contributed by atoms with Gasteiger partial charge in [-0.3, -0.25) is 0 Å². The average molecular weight is 214 g/mol. The third-order valence-corrected chi connectivity index (χ3v) is 3.61. The monoisotopic (exact) mass is 214 g/mol. The standard InChI is InChI=1S/C12H26N2O/c1-4-10(2)8-14(3)12(7-13)11-5-6-15-9-11/h10-12H,4-9,13H2,1-3H3. The van der Waals surface area contributed by atoms with E-state index in [9.17, 15) is 0 Å². The van der Waals surface area contributed by atoms with Crippen molar-refractivity contribution in [2.45, 2.75) is 32.7 Å². The molecule has 0 amide bonds. The fourth-order valence-electron chi connectivity index (χ4n) is 2.34. The molecule has 3 nitrogen and oxygen atoms in total. The molecule has 0 saturated carbocycles. The summed E-state index contributed by atoms with van der Waals surface area (Å²) in [6, 6.07) is 0.501. The molecule has 3 unspecified atom stereocenters. The van der Waals surface area contributed by atoms with Gasteiger partial charge in [-0.25, -0.2) is 0 Å². The zero-order chi connectivity index (χ0) is 11.3. The van der Waals surface area contributed by atoms with Crippen molar-refractivity contribution < 1.29 is 4.74 Å². The van der Waals surface area contributed by atoms with Crippen molar-refractivity contribution in [2.75, 3.05) is 33.4 Å². The molecule has 0 aromatic rings. The zero-order valence-electron chi connectivity index (χ0n) is 10.4. The summed E-state index contributed by atoms with van der Waals surface area (Å²) in [6.45, 7) is 8.25. The number of hydrogen-bond acceptors (Lipinski definition) is 3. The second-order valence-electron chi connectivity index (χ2n) is 4.88. The van der Waals surface area contributed by atoms with E-state index in [1.807, 2.05) is 0 Å². The van der Waals surface area contributed by atoms with Crippen molar-refractivity contribution in [2.24, 2.45) is 17.6 Å². The van der Waals surface area contributed by atoms with Crippen LogP contribution < -0.4 is 5.73 Å². The van der Waals surface area contributed by atoms with E-state index in [1.54, 1.807) is 0 Å². The van der Waals surface area contributed by atoms with Crippen LogP contribution in [0.15, 0.2) is 0 Å². The first-order chi connectivity index (χ1) is 7.19. The lowest BCUT2D eigenvalue weighted by atomic mass is 9.96. The summed E-state index contributed by atoms with van der Waals surface area (Å²) in [5.41, 5.74) is 5.87. The SMILES string of the molecule is CCC(C)CN(C)C(CN)C1CCOC1. The smallest absolute Gasteiger partial charge is 0.0510 e. The first kappa shape index (κ1) is 12.9. The predicted molar refractivity (Wildman–Crippen MR) is 63.9 cm³/mol. The second-order valence-corrected chi connectivity index (χ2v) is 4.88. The average Bonchev–Trinajstić information content (AvgIpc) is 2.72. The van der Waals surface area contributed by atoms with E-state index in [2.05, 4.69) is 25.8 Å². The molecule has 0 aromatic carbocycles. The zero-order valence-corrected chi connectivity index (χ0v) is 10.4. The molecule has 1 aliphatic heterocycles. The highest BCUT2D eigenvalue weighted by Crippen LogP contribution is 2.20. The number of nitrogens with zero attached hydrogens (tertiary/aromatic N) is 1. The van der Waals surface area contributed by atoms with Gasteiger partial charge < -0.3 is 15.4 Å². The van der Waals surface area contributed by atoms with E-state index < -0.39 is 0 Å². The fraction of sp³-hybridized carbons (Fsp3) is 1.00. The molecule has 1 saturated heterocycles. The normalized spacial score (nSPS) is 25.8. The minimum absolute atomic E-state index is 0.501. The molecule has 0 aromatic heterocycles. The lowest BCUT2D eigenvalue weighted by Gasteiger charge is -2.32. The van der Waals surface area contributed by atoms with Crippen molar-refractivity contribution in [3.8, 4) is 0 Å². The van der Waals surface area contributed by atoms with Gasteiger partial charge in [0, 0.05) is 31.7 Å². The number of rotatable bonds is 6. The van der Waals surface area contributed by atoms with Crippen LogP contribution in [0, 0.1) is 11.8 Å². The quantitative estimate of drug-likeness (QED) is 0.725. The summed E-state index contributed by atoms with van der Waals surface area (Å²) in [5, 5.41) is 0. The molecule has 1 aliphatic rings. The summed E-state index contributed by atoms with van der Waals surface area (Å²) >= 11 is 0. The van der Waals surface area contributed by atoms with E-state index in [4.69, 9.17) is 10.5 Å². The van der Waals surface area contributed by atoms with E-state index >= 15 is 0 Å². The van der Waals surface area contributed by atoms with Gasteiger partial charge in [0.05, 0.1) is 6.61 Å². The summed E-state index contributed by atoms with van der Waals surface area (Å²) < 4.78 is 5.44. The Labute approximate surface area is 94.0 Å². The minimum Gasteiger partial charge on any atom is -0.381 e. The van der Waals surface area contributed by atoms with Crippen LogP contribution >= 0.6 is 0 Å². The van der Waals surface area contributed by atoms with Crippen molar-refractivity contribution in [1.29, 1.82) is 0 Å². The molecule has 1 heterocycles. The Balaban J connectivity index is 2.41. The van der Waals surface area contributed by atoms with Gasteiger partial charge in [0.1, 0.15) is 0 Å². The number of nitrogens with two attached hydrogens (primary N) is 1. The maximum Gasteiger partial charge on any atom is 0.0510 e. The van der Waals surface area contributed by atoms with E-state index in [0.29, 0.717) is 12.0 Å². The van der Waals surface area contributed by atoms with E-state index in [0.717, 1.165) is 32.2 Å². The molecule has 0 spiro atoms. The minimum atomic E-state index is 0.501. The summed E-state index contributed by atoms with van der Waals surface area (Å²) in [5.74, 6) is 1.40. The van der Waals surface area contributed by atoms with Crippen molar-refractivity contribution in [1.82, 2.24) is 4.90 Å². The largest absolute Gasteiger partial charge is 0.381 e. The Morgan fingerprint density at radius 3 is 2.73 bits per heavy atom. The lowest BCUT2D eigenvalue weighted by Crippen LogP contribution is -2.45. The van der Waals surface area contributed by atoms with E-state index in [-0.39, 0.29) is 0 Å². The van der Waals surface area contributed by atoms with Crippen LogP contribution in [0.5, 0.6) is 0 Å². The molecular weight excluding hydrogens is 188 g/mol. The number of likely N-dealkylation sites (N-methyl/N-ethyl adjacent to an activating group) is 1. The van der Waals surface area contributed by atoms with Gasteiger partial charge in [-0.05, 0) is 19.4 Å². The molecule has 3 atom stereocenters. The summed E-state index contributed by atoms with van der Waals surface area (Å²) in [7, 11) is 2.20. The van der Waals surface area contributed by atoms with Gasteiger partial charge >= 0.3 is 0 Å². The van der Waals surface area contributed by atoms with Gasteiger partial charge in [0.25, 0.3) is 0 Å². The van der Waals surface area contributed by atoms with Crippen LogP contribution in [0.25, 0.3) is 0 Å². The van der Waals surface area contributed by atoms with Crippen molar-refractivity contribution in [3.63, 3.8) is 0 Å². The van der Waals surface area contributed by atoms with E-state index in [1.165, 1.54) is 12.8 Å². The van der Waals surface area contributed by atoms with Gasteiger partial charge in [0.2, 0.25) is 0 Å². The first-order valence-corrected chi connectivity index (χ1v) is 6.17. The predicted octanol–water partition coefficient (Wildman–Crippen LogP) is 1.33. The highest BCUT2D eigenvalue weighted by atomic mass is 16.5. The molecule has 3 heteroatoms. The van der Waals surface area contributed by atoms with Crippen LogP contribution in [-0.2, 0) is 4.74 Å². The van der Waals surface area contributed by atoms with Crippen LogP contribution in [0.1, 0.15) is 26.7 Å². The molecule has 15 heavy (non-hydrogen) atoms. The Bertz CT molecular complexity index is 169. The molecule has 0 radical (unpaired) electrons. The van der Waals surface area contributed by atoms with Gasteiger partial charge in [-0.2, -0.15) is 0 Å². The number of ether oxygens (including phenoxy) is 1.